The molecule has 2 unspecified atom stereocenters. The van der Waals surface area contributed by atoms with Gasteiger partial charge in [-0.2, -0.15) is 4.90 Å². The molecule has 4 aromatic carbocycles. The minimum absolute atomic E-state index is 0.0226. The van der Waals surface area contributed by atoms with Crippen molar-refractivity contribution in [3.05, 3.63) is 139 Å². The number of aliphatic hydroxyl groups excluding tert-OH is 1. The van der Waals surface area contributed by atoms with Crippen molar-refractivity contribution in [1.29, 1.82) is 0 Å². The molecule has 2 aromatic heterocycles. The summed E-state index contributed by atoms with van der Waals surface area (Å²) in [7, 11) is 0. The molecular weight excluding hydrogens is 1040 g/mol. The van der Waals surface area contributed by atoms with E-state index in [4.69, 9.17) is 9.47 Å². The van der Waals surface area contributed by atoms with Crippen LogP contribution in [0, 0.1) is 0 Å². The molecule has 5 amide bonds. The highest BCUT2D eigenvalue weighted by atomic mass is 32.1. The van der Waals surface area contributed by atoms with Crippen LogP contribution >= 0.6 is 22.7 Å². The quantitative estimate of drug-likeness (QED) is 0.0443. The van der Waals surface area contributed by atoms with Crippen molar-refractivity contribution in [2.24, 2.45) is 0 Å². The summed E-state index contributed by atoms with van der Waals surface area (Å²) in [5.74, 6) is -2.51. The second kappa shape index (κ2) is 25.5. The highest BCUT2D eigenvalue weighted by Crippen LogP contribution is 2.53. The summed E-state index contributed by atoms with van der Waals surface area (Å²) in [4.78, 5) is 81.6. The largest absolute Gasteiger partial charge is 0.443 e. The van der Waals surface area contributed by atoms with Crippen LogP contribution in [0.15, 0.2) is 84.9 Å². The van der Waals surface area contributed by atoms with Gasteiger partial charge in [-0.05, 0) is 138 Å². The van der Waals surface area contributed by atoms with E-state index in [2.05, 4.69) is 77.9 Å². The fraction of sp³-hybridized carbons (Fsp3) is 0.485. The van der Waals surface area contributed by atoms with Crippen LogP contribution in [0.5, 0.6) is 0 Å². The van der Waals surface area contributed by atoms with E-state index in [-0.39, 0.29) is 38.9 Å². The van der Waals surface area contributed by atoms with Crippen LogP contribution in [0.2, 0.25) is 0 Å². The molecular formula is C68H84N2O8S2. The van der Waals surface area contributed by atoms with E-state index in [1.165, 1.54) is 16.9 Å². The van der Waals surface area contributed by atoms with Crippen LogP contribution in [0.4, 0.5) is 9.59 Å². The zero-order valence-electron chi connectivity index (χ0n) is 49.3. The number of aryl methyl sites for hydroxylation is 2. The first-order valence-electron chi connectivity index (χ1n) is 29.6. The molecule has 6 aromatic rings. The zero-order chi connectivity index (χ0) is 57.7. The number of carbonyl (C=O) groups is 5. The molecule has 0 aliphatic carbocycles. The van der Waals surface area contributed by atoms with Gasteiger partial charge in [0, 0.05) is 63.5 Å². The SMILES string of the molecule is CCCCCCc1cc(-c2cc3c4c(c(-c5cc(CCCCCC)c(C(C)(C)c6ccccc6)s5)cc5c4c2C(O)N(C(=O)OC(C)(C)CCCC)C5=O)C(=O)N(C(=O)OC(C)(C)CCCC)C3=O)sc1C(C)Cc1ccccc1. The number of ether oxygens (including phenoxy) is 2. The Kier molecular flexibility index (Phi) is 19.1. The van der Waals surface area contributed by atoms with Gasteiger partial charge in [0.05, 0.1) is 5.56 Å². The first-order valence-corrected chi connectivity index (χ1v) is 31.2. The van der Waals surface area contributed by atoms with E-state index in [9.17, 15) is 14.7 Å². The maximum absolute atomic E-state index is 15.8. The number of thiophene rings is 2. The Balaban J connectivity index is 1.44. The standard InChI is InChI=1S/C68H84N2O8S2/c1-12-16-20-26-32-45-39-52(79-58(45)43(5)38-44-30-24-22-25-31-44)48-41-50-55-54-51(61(72)69(62(73)56(48)54)64(75)77-66(6,7)36-18-14-3)42-49(57(55)63(74)70(60(50)71)65(76)78-67(8,9)37-19-15-4)53-40-46(33-27-21-17-13-2)59(80-53)68(10,11)47-34-28-23-29-35-47/h22-25,28-31,34-35,39-43,62,73H,12-21,26-27,32-33,36-38H2,1-11H3. The lowest BCUT2D eigenvalue weighted by molar-refractivity contribution is -0.0310. The van der Waals surface area contributed by atoms with Gasteiger partial charge in [-0.15, -0.1) is 22.7 Å². The van der Waals surface area contributed by atoms with E-state index < -0.39 is 52.8 Å². The summed E-state index contributed by atoms with van der Waals surface area (Å²) in [5, 5.41) is 13.4. The van der Waals surface area contributed by atoms with Crippen LogP contribution in [0.3, 0.4) is 0 Å². The molecule has 0 saturated carbocycles. The van der Waals surface area contributed by atoms with Crippen molar-refractivity contribution in [2.45, 2.75) is 214 Å². The average Bonchev–Trinajstić information content (AvgIpc) is 4.21. The van der Waals surface area contributed by atoms with E-state index >= 15 is 14.4 Å². The fourth-order valence-electron chi connectivity index (χ4n) is 11.8. The third-order valence-corrected chi connectivity index (χ3v) is 19.3. The van der Waals surface area contributed by atoms with Crippen molar-refractivity contribution < 1.29 is 38.6 Å². The van der Waals surface area contributed by atoms with Crippen molar-refractivity contribution >= 4 is 63.4 Å². The van der Waals surface area contributed by atoms with Gasteiger partial charge in [-0.3, -0.25) is 14.4 Å². The molecule has 4 heterocycles. The molecule has 80 heavy (non-hydrogen) atoms. The lowest BCUT2D eigenvalue weighted by atomic mass is 9.80. The van der Waals surface area contributed by atoms with Crippen molar-refractivity contribution in [2.75, 3.05) is 0 Å². The van der Waals surface area contributed by atoms with E-state index in [0.717, 1.165) is 133 Å². The summed E-state index contributed by atoms with van der Waals surface area (Å²) in [6.07, 6.45) is 11.0. The average molecular weight is 1120 g/mol. The summed E-state index contributed by atoms with van der Waals surface area (Å²) in [6.45, 7) is 22.3. The number of aliphatic hydroxyl groups is 1. The first-order chi connectivity index (χ1) is 38.2. The maximum atomic E-state index is 15.8. The molecule has 0 bridgehead atoms. The normalized spacial score (nSPS) is 15.1. The zero-order valence-corrected chi connectivity index (χ0v) is 50.9. The summed E-state index contributed by atoms with van der Waals surface area (Å²) >= 11 is 3.09. The molecule has 8 rings (SSSR count). The lowest BCUT2D eigenvalue weighted by Crippen LogP contribution is -2.49. The van der Waals surface area contributed by atoms with E-state index in [1.54, 1.807) is 51.2 Å². The number of amides is 5. The number of nitrogens with zero attached hydrogens (tertiary/aromatic N) is 2. The fourth-order valence-corrected chi connectivity index (χ4v) is 14.5. The number of hydrogen-bond donors (Lipinski definition) is 1. The Labute approximate surface area is 483 Å². The second-order valence-corrected chi connectivity index (χ2v) is 26.2. The molecule has 1 N–H and O–H groups in total. The molecule has 2 atom stereocenters. The van der Waals surface area contributed by atoms with Gasteiger partial charge in [0.25, 0.3) is 17.7 Å². The van der Waals surface area contributed by atoms with Gasteiger partial charge in [-0.25, -0.2) is 14.5 Å². The third kappa shape index (κ3) is 12.6. The summed E-state index contributed by atoms with van der Waals surface area (Å²) < 4.78 is 12.3. The van der Waals surface area contributed by atoms with Gasteiger partial charge in [0.1, 0.15) is 11.2 Å². The van der Waals surface area contributed by atoms with Gasteiger partial charge in [0.2, 0.25) is 0 Å². The molecule has 426 valence electrons. The number of unbranched alkanes of at least 4 members (excludes halogenated alkanes) is 8. The monoisotopic (exact) mass is 1120 g/mol. The van der Waals surface area contributed by atoms with Crippen LogP contribution < -0.4 is 0 Å². The van der Waals surface area contributed by atoms with Crippen LogP contribution in [0.25, 0.3) is 31.7 Å². The molecule has 10 nitrogen and oxygen atoms in total. The van der Waals surface area contributed by atoms with Gasteiger partial charge >= 0.3 is 12.2 Å². The Morgan fingerprint density at radius 3 is 1.71 bits per heavy atom. The molecule has 0 fully saturated rings. The van der Waals surface area contributed by atoms with Gasteiger partial charge < -0.3 is 14.6 Å². The van der Waals surface area contributed by atoms with Crippen LogP contribution in [0.1, 0.15) is 247 Å². The van der Waals surface area contributed by atoms with Crippen molar-refractivity contribution in [1.82, 2.24) is 9.80 Å². The molecule has 0 saturated heterocycles. The number of rotatable bonds is 25. The first kappa shape index (κ1) is 60.2. The van der Waals surface area contributed by atoms with Gasteiger partial charge in [0.15, 0.2) is 6.23 Å². The highest BCUT2D eigenvalue weighted by Gasteiger charge is 2.49. The maximum Gasteiger partial charge on any atom is 0.424 e. The van der Waals surface area contributed by atoms with Crippen molar-refractivity contribution in [3.63, 3.8) is 0 Å². The predicted octanol–water partition coefficient (Wildman–Crippen LogP) is 18.5. The molecule has 0 radical (unpaired) electrons. The second-order valence-electron chi connectivity index (χ2n) is 24.1. The lowest BCUT2D eigenvalue weighted by Gasteiger charge is -2.37. The Hall–Kier alpha value is -5.95. The van der Waals surface area contributed by atoms with E-state index in [0.29, 0.717) is 33.7 Å². The Bertz CT molecular complexity index is 3220. The molecule has 2 aliphatic rings. The number of carbonyl (C=O) groups excluding carboxylic acids is 5. The predicted molar refractivity (Wildman–Crippen MR) is 325 cm³/mol. The third-order valence-electron chi connectivity index (χ3n) is 16.3. The highest BCUT2D eigenvalue weighted by molar-refractivity contribution is 7.16. The number of hydrogen-bond acceptors (Lipinski definition) is 10. The summed E-state index contributed by atoms with van der Waals surface area (Å²) in [5.41, 5.74) is 3.15. The Morgan fingerprint density at radius 1 is 0.588 bits per heavy atom. The number of benzene rings is 4. The molecule has 0 spiro atoms. The summed E-state index contributed by atoms with van der Waals surface area (Å²) in [6, 6.07) is 28.2. The topological polar surface area (TPSA) is 131 Å². The van der Waals surface area contributed by atoms with Crippen LogP contribution in [-0.2, 0) is 34.2 Å². The van der Waals surface area contributed by atoms with E-state index in [1.807, 2.05) is 43.3 Å². The van der Waals surface area contributed by atoms with Crippen molar-refractivity contribution in [3.8, 4) is 20.9 Å². The number of imide groups is 4. The molecule has 12 heteroatoms. The minimum Gasteiger partial charge on any atom is -0.443 e. The van der Waals surface area contributed by atoms with Gasteiger partial charge in [-0.1, -0.05) is 160 Å². The molecule has 2 aliphatic heterocycles. The minimum atomic E-state index is -1.88. The smallest absolute Gasteiger partial charge is 0.424 e. The Morgan fingerprint density at radius 2 is 1.11 bits per heavy atom. The van der Waals surface area contributed by atoms with Crippen LogP contribution in [-0.4, -0.2) is 56.0 Å².